The van der Waals surface area contributed by atoms with Gasteiger partial charge in [0.1, 0.15) is 5.82 Å². The Morgan fingerprint density at radius 2 is 1.70 bits per heavy atom. The van der Waals surface area contributed by atoms with Crippen molar-refractivity contribution in [2.24, 2.45) is 5.73 Å². The molecule has 0 aliphatic carbocycles. The smallest absolute Gasteiger partial charge is 0.261 e. The lowest BCUT2D eigenvalue weighted by atomic mass is 10.1. The van der Waals surface area contributed by atoms with Crippen molar-refractivity contribution in [3.05, 3.63) is 65.5 Å². The van der Waals surface area contributed by atoms with E-state index in [1.165, 1.54) is 6.07 Å². The number of halogens is 1. The zero-order chi connectivity index (χ0) is 20.4. The van der Waals surface area contributed by atoms with Gasteiger partial charge in [0.05, 0.1) is 12.3 Å². The lowest BCUT2D eigenvalue weighted by Gasteiger charge is -2.11. The van der Waals surface area contributed by atoms with E-state index in [-0.39, 0.29) is 17.8 Å². The maximum atomic E-state index is 13.5. The normalized spacial score (nSPS) is 11.9. The van der Waals surface area contributed by atoms with Crippen molar-refractivity contribution in [2.45, 2.75) is 26.1 Å². The van der Waals surface area contributed by atoms with Gasteiger partial charge in [0.2, 0.25) is 5.91 Å². The van der Waals surface area contributed by atoms with Gasteiger partial charge in [-0.1, -0.05) is 30.3 Å². The van der Waals surface area contributed by atoms with E-state index < -0.39 is 10.1 Å². The van der Waals surface area contributed by atoms with Crippen LogP contribution in [0.1, 0.15) is 18.1 Å². The standard InChI is InChI=1S/C17H20FN3O.CH4O3S/c1-12(17(19)22)20-10-13-6-8-15(9-7-13)21-11-14-4-2-3-5-16(14)18;1-5(2,3)4/h2-9,12,20-21H,10-11H2,1H3,(H2,19,22);1H3,(H,2,3,4). The molecule has 0 aliphatic heterocycles. The SMILES string of the molecule is CC(NCc1ccc(NCc2ccccc2F)cc1)C(N)=O.CS(=O)(=O)O. The number of primary amides is 1. The van der Waals surface area contributed by atoms with Gasteiger partial charge in [-0.05, 0) is 30.7 Å². The molecule has 1 unspecified atom stereocenters. The molecule has 1 atom stereocenters. The highest BCUT2D eigenvalue weighted by molar-refractivity contribution is 7.85. The number of nitrogens with two attached hydrogens (primary N) is 1. The predicted octanol–water partition coefficient (Wildman–Crippen LogP) is 1.91. The Morgan fingerprint density at radius 3 is 2.22 bits per heavy atom. The number of carbonyl (C=O) groups is 1. The topological polar surface area (TPSA) is 122 Å². The second kappa shape index (κ2) is 10.6. The second-order valence-electron chi connectivity index (χ2n) is 5.88. The van der Waals surface area contributed by atoms with Crippen LogP contribution in [0.4, 0.5) is 10.1 Å². The van der Waals surface area contributed by atoms with Crippen molar-refractivity contribution in [3.8, 4) is 0 Å². The van der Waals surface area contributed by atoms with Gasteiger partial charge in [0, 0.05) is 24.3 Å². The number of anilines is 1. The van der Waals surface area contributed by atoms with Gasteiger partial charge in [-0.15, -0.1) is 0 Å². The van der Waals surface area contributed by atoms with Crippen molar-refractivity contribution < 1.29 is 22.2 Å². The van der Waals surface area contributed by atoms with Crippen LogP contribution in [0, 0.1) is 5.82 Å². The summed E-state index contributed by atoms with van der Waals surface area (Å²) in [6.07, 6.45) is 0.715. The number of amides is 1. The van der Waals surface area contributed by atoms with Crippen LogP contribution < -0.4 is 16.4 Å². The molecule has 27 heavy (non-hydrogen) atoms. The number of nitrogens with one attached hydrogen (secondary N) is 2. The van der Waals surface area contributed by atoms with Gasteiger partial charge in [-0.2, -0.15) is 8.42 Å². The maximum absolute atomic E-state index is 13.5. The van der Waals surface area contributed by atoms with Crippen LogP contribution >= 0.6 is 0 Å². The molecular formula is C18H24FN3O4S. The fourth-order valence-electron chi connectivity index (χ4n) is 1.95. The summed E-state index contributed by atoms with van der Waals surface area (Å²) in [4.78, 5) is 10.9. The number of hydrogen-bond acceptors (Lipinski definition) is 5. The molecule has 0 fully saturated rings. The molecular weight excluding hydrogens is 373 g/mol. The molecule has 0 saturated carbocycles. The minimum absolute atomic E-state index is 0.212. The summed E-state index contributed by atoms with van der Waals surface area (Å²) in [7, 11) is -3.67. The molecule has 5 N–H and O–H groups in total. The summed E-state index contributed by atoms with van der Waals surface area (Å²) >= 11 is 0. The Bertz CT molecular complexity index is 834. The number of rotatable bonds is 7. The van der Waals surface area contributed by atoms with Crippen LogP contribution in [0.5, 0.6) is 0 Å². The highest BCUT2D eigenvalue weighted by Crippen LogP contribution is 2.13. The summed E-state index contributed by atoms with van der Waals surface area (Å²) in [5.41, 5.74) is 7.78. The summed E-state index contributed by atoms with van der Waals surface area (Å²) in [5.74, 6) is -0.584. The van der Waals surface area contributed by atoms with Gasteiger partial charge in [-0.3, -0.25) is 9.35 Å². The quantitative estimate of drug-likeness (QED) is 0.530. The second-order valence-corrected chi connectivity index (χ2v) is 7.35. The molecule has 0 radical (unpaired) electrons. The fraction of sp³-hybridized carbons (Fsp3) is 0.278. The minimum atomic E-state index is -3.67. The van der Waals surface area contributed by atoms with Gasteiger partial charge < -0.3 is 16.4 Å². The summed E-state index contributed by atoms with van der Waals surface area (Å²) in [6, 6.07) is 14.1. The molecule has 2 aromatic carbocycles. The first-order valence-electron chi connectivity index (χ1n) is 8.07. The van der Waals surface area contributed by atoms with Gasteiger partial charge in [0.15, 0.2) is 0 Å². The van der Waals surface area contributed by atoms with Crippen molar-refractivity contribution in [1.82, 2.24) is 5.32 Å². The third-order valence-electron chi connectivity index (χ3n) is 3.43. The van der Waals surface area contributed by atoms with Crippen LogP contribution in [-0.4, -0.2) is 31.2 Å². The third kappa shape index (κ3) is 10.3. The molecule has 148 valence electrons. The Balaban J connectivity index is 0.000000646. The van der Waals surface area contributed by atoms with Crippen LogP contribution in [0.2, 0.25) is 0 Å². The van der Waals surface area contributed by atoms with E-state index in [1.54, 1.807) is 19.1 Å². The van der Waals surface area contributed by atoms with Crippen LogP contribution in [-0.2, 0) is 28.0 Å². The highest BCUT2D eigenvalue weighted by Gasteiger charge is 2.07. The molecule has 1 amide bonds. The first kappa shape index (κ1) is 22.6. The van der Waals surface area contributed by atoms with E-state index in [9.17, 15) is 17.6 Å². The summed E-state index contributed by atoms with van der Waals surface area (Å²) < 4.78 is 39.4. The van der Waals surface area contributed by atoms with Crippen molar-refractivity contribution >= 4 is 21.7 Å². The third-order valence-corrected chi connectivity index (χ3v) is 3.43. The van der Waals surface area contributed by atoms with E-state index in [1.807, 2.05) is 30.3 Å². The largest absolute Gasteiger partial charge is 0.381 e. The molecule has 0 aromatic heterocycles. The van der Waals surface area contributed by atoms with Crippen LogP contribution in [0.25, 0.3) is 0 Å². The highest BCUT2D eigenvalue weighted by atomic mass is 32.2. The monoisotopic (exact) mass is 397 g/mol. The van der Waals surface area contributed by atoms with E-state index in [4.69, 9.17) is 10.3 Å². The Labute approximate surface area is 158 Å². The Hall–Kier alpha value is -2.49. The first-order valence-corrected chi connectivity index (χ1v) is 9.92. The maximum Gasteiger partial charge on any atom is 0.261 e. The number of carbonyl (C=O) groups excluding carboxylic acids is 1. The molecule has 0 heterocycles. The Kier molecular flexibility index (Phi) is 8.86. The van der Waals surface area contributed by atoms with Crippen molar-refractivity contribution in [3.63, 3.8) is 0 Å². The fourth-order valence-corrected chi connectivity index (χ4v) is 1.95. The molecule has 2 aromatic rings. The Morgan fingerprint density at radius 1 is 1.15 bits per heavy atom. The van der Waals surface area contributed by atoms with E-state index >= 15 is 0 Å². The molecule has 2 rings (SSSR count). The predicted molar refractivity (Wildman–Crippen MR) is 103 cm³/mol. The van der Waals surface area contributed by atoms with Gasteiger partial charge in [-0.25, -0.2) is 4.39 Å². The average Bonchev–Trinajstić information content (AvgIpc) is 2.58. The van der Waals surface area contributed by atoms with Crippen molar-refractivity contribution in [1.29, 1.82) is 0 Å². The van der Waals surface area contributed by atoms with Crippen LogP contribution in [0.15, 0.2) is 48.5 Å². The molecule has 7 nitrogen and oxygen atoms in total. The van der Waals surface area contributed by atoms with Gasteiger partial charge >= 0.3 is 0 Å². The molecule has 9 heteroatoms. The van der Waals surface area contributed by atoms with E-state index in [0.29, 0.717) is 24.9 Å². The summed E-state index contributed by atoms with van der Waals surface area (Å²) in [6.45, 7) is 2.73. The molecule has 0 bridgehead atoms. The number of hydrogen-bond donors (Lipinski definition) is 4. The number of benzene rings is 2. The zero-order valence-corrected chi connectivity index (χ0v) is 16.0. The molecule has 0 spiro atoms. The van der Waals surface area contributed by atoms with E-state index in [0.717, 1.165) is 11.3 Å². The lowest BCUT2D eigenvalue weighted by molar-refractivity contribution is -0.119. The lowest BCUT2D eigenvalue weighted by Crippen LogP contribution is -2.38. The molecule has 0 aliphatic rings. The minimum Gasteiger partial charge on any atom is -0.381 e. The summed E-state index contributed by atoms with van der Waals surface area (Å²) in [5, 5.41) is 6.22. The van der Waals surface area contributed by atoms with Crippen LogP contribution in [0.3, 0.4) is 0 Å². The van der Waals surface area contributed by atoms with E-state index in [2.05, 4.69) is 10.6 Å². The zero-order valence-electron chi connectivity index (χ0n) is 15.1. The van der Waals surface area contributed by atoms with Gasteiger partial charge in [0.25, 0.3) is 10.1 Å². The molecule has 0 saturated heterocycles. The van der Waals surface area contributed by atoms with Crippen molar-refractivity contribution in [2.75, 3.05) is 11.6 Å². The first-order chi connectivity index (χ1) is 12.6. The average molecular weight is 397 g/mol.